The Balaban J connectivity index is 0.000000106. The second-order valence-electron chi connectivity index (χ2n) is 33.1. The molecule has 606 valence electrons. The van der Waals surface area contributed by atoms with Crippen LogP contribution >= 0.6 is 0 Å². The first-order valence-electron chi connectivity index (χ1n) is 45.3. The molecule has 12 nitrogen and oxygen atoms in total. The van der Waals surface area contributed by atoms with Crippen molar-refractivity contribution in [3.8, 4) is 78.4 Å². The smallest absolute Gasteiger partial charge is 0.227 e. The standard InChI is InChI=1S/C30H25N2O.2C29H23N2O.C26H19N2O/c1-18-9-12-21(13-10-18)24-16-27(32(4)17-20(24)3)28-19(2)11-14-23-25-15-22-7-5-6-8-26(22)31-30(25)33-29(23)28;1-18-13-14-22-24-15-21-11-7-8-12-25(21)30-29(24)32-28(22)27(18)26-16-23(19(2)17-31(26)3)20-9-5-4-6-10-20;1-18-8-11-20(12-9-18)21-14-15-31(3)26(17-21)27-19(2)10-13-23-24-16-22-6-4-5-7-25(22)30-29(24)32-28(23)27;1-16-11-12-20-21-15-18-8-4-6-10-22(18)27-26(21)29-25(20)23(16)24-19-9-5-3-7-17(19)13-14-28(24)2/h5-17H,1-4H3;2*4-17H,1-3H3;3-15H,1-2H3/q4*+1/i3D3;2D3;;. The van der Waals surface area contributed by atoms with E-state index < -0.39 is 13.7 Å². The van der Waals surface area contributed by atoms with E-state index in [-0.39, 0.29) is 0 Å². The van der Waals surface area contributed by atoms with Crippen molar-refractivity contribution in [2.45, 2.75) is 55.2 Å². The average molecular weight is 1640 g/mol. The number of furan rings is 4. The van der Waals surface area contributed by atoms with Crippen molar-refractivity contribution in [2.75, 3.05) is 0 Å². The molecule has 0 aliphatic heterocycles. The highest BCUT2D eigenvalue weighted by Crippen LogP contribution is 2.45. The van der Waals surface area contributed by atoms with E-state index in [9.17, 15) is 0 Å². The van der Waals surface area contributed by atoms with Gasteiger partial charge in [0.15, 0.2) is 47.1 Å². The van der Waals surface area contributed by atoms with Gasteiger partial charge in [-0.25, -0.2) is 38.2 Å². The van der Waals surface area contributed by atoms with Gasteiger partial charge in [0, 0.05) is 114 Å². The Morgan fingerprint density at radius 3 is 0.984 bits per heavy atom. The SMILES string of the molecule is Cc1ccc(-c2cc[n+](C)c(-c3c(C)ccc4c3oc3nc5ccccc5cc34)c2)cc1.Cc1ccc2c(oc3nc4ccccc4cc32)c1-c1c2ccccc2cc[n+]1C.[2H]C([2H])([2H])c1c[n+](C)c(-c2c(C)ccc3c2oc2nc4ccccc4cc23)cc1-c1ccc(C)cc1.[2H]C([2H])([2H])c1c[n+](C)c(-c2c(C)ccc3c2oc2nc4ccccc4cc23)cc1-c1ccccc1. The number of hydrogen-bond acceptors (Lipinski definition) is 8. The fourth-order valence-electron chi connectivity index (χ4n) is 18.1. The van der Waals surface area contributed by atoms with Crippen LogP contribution in [0.4, 0.5) is 0 Å². The minimum Gasteiger partial charge on any atom is -0.437 e. The Kier molecular flexibility index (Phi) is 17.7. The van der Waals surface area contributed by atoms with Crippen molar-refractivity contribution < 1.29 is 44.2 Å². The van der Waals surface area contributed by atoms with Crippen LogP contribution in [0.5, 0.6) is 0 Å². The number of aromatic nitrogens is 8. The van der Waals surface area contributed by atoms with Gasteiger partial charge in [-0.2, -0.15) is 0 Å². The first kappa shape index (κ1) is 71.0. The van der Waals surface area contributed by atoms with Crippen molar-refractivity contribution in [1.29, 1.82) is 0 Å². The van der Waals surface area contributed by atoms with E-state index in [0.29, 0.717) is 45.1 Å². The van der Waals surface area contributed by atoms with Crippen LogP contribution in [0.1, 0.15) is 52.7 Å². The number of benzene rings is 12. The van der Waals surface area contributed by atoms with Crippen LogP contribution in [0, 0.1) is 55.2 Å². The van der Waals surface area contributed by atoms with Crippen molar-refractivity contribution in [3.63, 3.8) is 0 Å². The lowest BCUT2D eigenvalue weighted by Crippen LogP contribution is -2.31. The van der Waals surface area contributed by atoms with Gasteiger partial charge in [0.2, 0.25) is 45.6 Å². The molecule has 0 unspecified atom stereocenters. The predicted molar refractivity (Wildman–Crippen MR) is 514 cm³/mol. The fraction of sp³-hybridized carbons (Fsp3) is 0.105. The van der Waals surface area contributed by atoms with Crippen molar-refractivity contribution in [2.24, 2.45) is 28.2 Å². The van der Waals surface area contributed by atoms with E-state index in [2.05, 4.69) is 227 Å². The first-order valence-corrected chi connectivity index (χ1v) is 42.3. The zero-order valence-corrected chi connectivity index (χ0v) is 71.4. The van der Waals surface area contributed by atoms with Gasteiger partial charge in [-0.1, -0.05) is 230 Å². The number of hydrogen-bond donors (Lipinski definition) is 0. The lowest BCUT2D eigenvalue weighted by molar-refractivity contribution is -0.660. The largest absolute Gasteiger partial charge is 0.437 e. The zero-order chi connectivity index (χ0) is 90.9. The van der Waals surface area contributed by atoms with E-state index in [1.807, 2.05) is 177 Å². The summed E-state index contributed by atoms with van der Waals surface area (Å²) in [5, 5.41) is 15.0. The lowest BCUT2D eigenvalue weighted by Gasteiger charge is -2.10. The minimum atomic E-state index is -2.25. The van der Waals surface area contributed by atoms with Crippen LogP contribution in [-0.2, 0) is 28.2 Å². The monoisotopic (exact) mass is 1640 g/mol. The normalized spacial score (nSPS) is 12.6. The molecule has 126 heavy (non-hydrogen) atoms. The molecular formula is C114H90N8O4+4. The maximum Gasteiger partial charge on any atom is 0.227 e. The van der Waals surface area contributed by atoms with E-state index in [4.69, 9.17) is 45.8 Å². The molecule has 0 N–H and O–H groups in total. The third-order valence-corrected chi connectivity index (χ3v) is 24.8. The molecule has 0 saturated heterocycles. The average Bonchev–Trinajstić information content (AvgIpc) is 1.58. The Morgan fingerprint density at radius 1 is 0.246 bits per heavy atom. The number of aryl methyl sites for hydroxylation is 12. The van der Waals surface area contributed by atoms with E-state index >= 15 is 0 Å². The van der Waals surface area contributed by atoms with Crippen molar-refractivity contribution in [3.05, 3.63) is 373 Å². The number of pyridine rings is 8. The number of para-hydroxylation sites is 4. The number of fused-ring (bicyclic) bond motifs is 17. The van der Waals surface area contributed by atoms with E-state index in [0.717, 1.165) is 182 Å². The molecule has 0 spiro atoms. The molecule has 12 aromatic heterocycles. The maximum atomic E-state index is 8.19. The fourth-order valence-corrected chi connectivity index (χ4v) is 18.1. The van der Waals surface area contributed by atoms with Gasteiger partial charge >= 0.3 is 0 Å². The highest BCUT2D eigenvalue weighted by molar-refractivity contribution is 6.16. The van der Waals surface area contributed by atoms with Gasteiger partial charge in [0.05, 0.1) is 49.7 Å². The molecule has 24 aromatic rings. The minimum absolute atomic E-state index is 0.317. The molecule has 0 aliphatic carbocycles. The summed E-state index contributed by atoms with van der Waals surface area (Å²) < 4.78 is 82.7. The summed E-state index contributed by atoms with van der Waals surface area (Å²) in [5.74, 6) is 0. The molecule has 12 aromatic carbocycles. The molecule has 0 atom stereocenters. The Labute approximate surface area is 736 Å². The van der Waals surface area contributed by atoms with Crippen LogP contribution in [0.15, 0.2) is 346 Å². The van der Waals surface area contributed by atoms with Gasteiger partial charge in [-0.15, -0.1) is 0 Å². The summed E-state index contributed by atoms with van der Waals surface area (Å²) in [6.07, 6.45) is 7.69. The third kappa shape index (κ3) is 13.7. The Bertz CT molecular complexity index is 8820. The van der Waals surface area contributed by atoms with E-state index in [1.165, 1.54) is 38.6 Å². The van der Waals surface area contributed by atoms with Gasteiger partial charge < -0.3 is 17.7 Å². The van der Waals surface area contributed by atoms with E-state index in [1.54, 1.807) is 12.4 Å². The quantitative estimate of drug-likeness (QED) is 0.145. The number of rotatable bonds is 7. The number of nitrogens with zero attached hydrogens (tertiary/aromatic N) is 8. The molecule has 0 aliphatic rings. The first-order chi connectivity index (χ1) is 63.8. The zero-order valence-electron chi connectivity index (χ0n) is 77.4. The molecule has 0 amide bonds. The summed E-state index contributed by atoms with van der Waals surface area (Å²) >= 11 is 0. The molecule has 0 bridgehead atoms. The topological polar surface area (TPSA) is 120 Å². The molecule has 0 fully saturated rings. The van der Waals surface area contributed by atoms with Crippen LogP contribution in [0.25, 0.3) is 221 Å². The van der Waals surface area contributed by atoms with Crippen LogP contribution in [-0.4, -0.2) is 19.9 Å². The van der Waals surface area contributed by atoms with Crippen molar-refractivity contribution in [1.82, 2.24) is 19.9 Å². The lowest BCUT2D eigenvalue weighted by atomic mass is 9.95. The van der Waals surface area contributed by atoms with Gasteiger partial charge in [0.25, 0.3) is 0 Å². The van der Waals surface area contributed by atoms with Gasteiger partial charge in [-0.05, 0) is 171 Å². The van der Waals surface area contributed by atoms with Gasteiger partial charge in [0.1, 0.15) is 28.2 Å². The summed E-state index contributed by atoms with van der Waals surface area (Å²) in [4.78, 5) is 19.1. The highest BCUT2D eigenvalue weighted by Gasteiger charge is 2.29. The Morgan fingerprint density at radius 2 is 0.579 bits per heavy atom. The third-order valence-electron chi connectivity index (χ3n) is 24.8. The molecule has 0 radical (unpaired) electrons. The van der Waals surface area contributed by atoms with Crippen LogP contribution in [0.2, 0.25) is 0 Å². The van der Waals surface area contributed by atoms with Crippen LogP contribution < -0.4 is 18.3 Å². The second kappa shape index (κ2) is 31.3. The molecule has 24 rings (SSSR count). The van der Waals surface area contributed by atoms with Gasteiger partial charge in [-0.3, -0.25) is 0 Å². The maximum absolute atomic E-state index is 8.19. The molecule has 12 heteroatoms. The molecule has 0 saturated carbocycles. The molecular weight excluding hydrogens is 1550 g/mol. The highest BCUT2D eigenvalue weighted by atomic mass is 16.4. The summed E-state index contributed by atoms with van der Waals surface area (Å²) in [6, 6.07) is 103. The summed E-state index contributed by atoms with van der Waals surface area (Å²) in [7, 11) is 7.95. The predicted octanol–water partition coefficient (Wildman–Crippen LogP) is 27.1. The summed E-state index contributed by atoms with van der Waals surface area (Å²) in [6.45, 7) is 8.03. The second-order valence-corrected chi connectivity index (χ2v) is 33.1. The van der Waals surface area contributed by atoms with Crippen molar-refractivity contribution >= 4 is 143 Å². The van der Waals surface area contributed by atoms with Crippen LogP contribution in [0.3, 0.4) is 0 Å². The Hall–Kier alpha value is -15.7. The summed E-state index contributed by atoms with van der Waals surface area (Å²) in [5.41, 5.74) is 30.6. The molecule has 12 heterocycles.